The van der Waals surface area contributed by atoms with Crippen LogP contribution in [-0.2, 0) is 0 Å². The Labute approximate surface area is 132 Å². The number of halogens is 2. The second-order valence-corrected chi connectivity index (χ2v) is 6.01. The van der Waals surface area contributed by atoms with Gasteiger partial charge < -0.3 is 0 Å². The topological polar surface area (TPSA) is 81.8 Å². The van der Waals surface area contributed by atoms with Gasteiger partial charge in [-0.15, -0.1) is 11.3 Å². The monoisotopic (exact) mass is 339 g/mol. The average Bonchev–Trinajstić information content (AvgIpc) is 3.09. The van der Waals surface area contributed by atoms with Gasteiger partial charge in [0, 0.05) is 11.1 Å². The van der Waals surface area contributed by atoms with Gasteiger partial charge in [-0.2, -0.15) is 13.9 Å². The molecule has 0 radical (unpaired) electrons. The lowest BCUT2D eigenvalue weighted by Crippen LogP contribution is -2.35. The van der Waals surface area contributed by atoms with Gasteiger partial charge in [-0.05, 0) is 26.0 Å². The van der Waals surface area contributed by atoms with Crippen molar-refractivity contribution in [2.75, 3.05) is 5.43 Å². The molecule has 0 unspecified atom stereocenters. The summed E-state index contributed by atoms with van der Waals surface area (Å²) in [5, 5.41) is 3.84. The van der Waals surface area contributed by atoms with E-state index in [2.05, 4.69) is 15.5 Å². The van der Waals surface area contributed by atoms with Gasteiger partial charge >= 0.3 is 6.55 Å². The first kappa shape index (κ1) is 15.3. The van der Waals surface area contributed by atoms with Crippen molar-refractivity contribution in [3.8, 4) is 0 Å². The van der Waals surface area contributed by atoms with Crippen LogP contribution < -0.4 is 11.0 Å². The van der Waals surface area contributed by atoms with Crippen LogP contribution in [0, 0.1) is 13.8 Å². The quantitative estimate of drug-likeness (QED) is 0.792. The van der Waals surface area contributed by atoms with Crippen LogP contribution in [0.2, 0.25) is 0 Å². The zero-order chi connectivity index (χ0) is 16.7. The third-order valence-electron chi connectivity index (χ3n) is 3.11. The molecule has 0 saturated carbocycles. The third-order valence-corrected chi connectivity index (χ3v) is 4.05. The number of aryl methyl sites for hydroxylation is 2. The van der Waals surface area contributed by atoms with Gasteiger partial charge in [-0.1, -0.05) is 0 Å². The van der Waals surface area contributed by atoms with E-state index < -0.39 is 18.0 Å². The lowest BCUT2D eigenvalue weighted by molar-refractivity contribution is 0.0561. The molecule has 0 aromatic carbocycles. The highest BCUT2D eigenvalue weighted by Crippen LogP contribution is 2.20. The predicted octanol–water partition coefficient (Wildman–Crippen LogP) is 2.05. The van der Waals surface area contributed by atoms with Gasteiger partial charge in [-0.3, -0.25) is 15.0 Å². The molecule has 0 bridgehead atoms. The highest BCUT2D eigenvalue weighted by Gasteiger charge is 2.17. The molecule has 0 atom stereocenters. The van der Waals surface area contributed by atoms with Gasteiger partial charge in [0.25, 0.3) is 11.5 Å². The number of rotatable bonds is 3. The van der Waals surface area contributed by atoms with Crippen LogP contribution in [0.25, 0.3) is 10.2 Å². The van der Waals surface area contributed by atoms with Crippen molar-refractivity contribution in [2.45, 2.75) is 20.4 Å². The fourth-order valence-electron chi connectivity index (χ4n) is 2.06. The van der Waals surface area contributed by atoms with Crippen LogP contribution in [-0.4, -0.2) is 25.3 Å². The average molecular weight is 339 g/mol. The summed E-state index contributed by atoms with van der Waals surface area (Å²) >= 11 is 1.37. The maximum Gasteiger partial charge on any atom is 0.333 e. The van der Waals surface area contributed by atoms with E-state index in [1.807, 2.05) is 6.92 Å². The van der Waals surface area contributed by atoms with Gasteiger partial charge in [0.2, 0.25) is 0 Å². The zero-order valence-corrected chi connectivity index (χ0v) is 12.9. The molecule has 0 spiro atoms. The van der Waals surface area contributed by atoms with E-state index in [1.54, 1.807) is 13.0 Å². The number of alkyl halides is 2. The Hall–Kier alpha value is -2.62. The van der Waals surface area contributed by atoms with Crippen LogP contribution in [0.3, 0.4) is 0 Å². The summed E-state index contributed by atoms with van der Waals surface area (Å²) in [5.74, 6) is -0.492. The maximum atomic E-state index is 12.5. The highest BCUT2D eigenvalue weighted by molar-refractivity contribution is 7.18. The largest absolute Gasteiger partial charge is 0.333 e. The number of thiophene rings is 1. The molecule has 0 aliphatic heterocycles. The number of fused-ring (bicyclic) bond motifs is 1. The minimum atomic E-state index is -2.84. The van der Waals surface area contributed by atoms with Gasteiger partial charge in [0.15, 0.2) is 5.69 Å². The number of aromatic nitrogens is 4. The van der Waals surface area contributed by atoms with Gasteiger partial charge in [0.1, 0.15) is 10.7 Å². The molecule has 1 N–H and O–H groups in total. The summed E-state index contributed by atoms with van der Waals surface area (Å²) < 4.78 is 26.3. The Kier molecular flexibility index (Phi) is 3.68. The van der Waals surface area contributed by atoms with Crippen LogP contribution in [0.15, 0.2) is 23.1 Å². The molecular weight excluding hydrogens is 328 g/mol. The fourth-order valence-corrected chi connectivity index (χ4v) is 2.98. The van der Waals surface area contributed by atoms with Crippen molar-refractivity contribution in [2.24, 2.45) is 0 Å². The Morgan fingerprint density at radius 2 is 2.13 bits per heavy atom. The van der Waals surface area contributed by atoms with E-state index in [9.17, 15) is 18.4 Å². The van der Waals surface area contributed by atoms with Crippen molar-refractivity contribution in [3.63, 3.8) is 0 Å². The normalized spacial score (nSPS) is 11.3. The first-order valence-electron chi connectivity index (χ1n) is 6.51. The Balaban J connectivity index is 1.97. The number of amides is 1. The zero-order valence-electron chi connectivity index (χ0n) is 12.1. The minimum absolute atomic E-state index is 0.224. The number of hydrogen-bond donors (Lipinski definition) is 1. The van der Waals surface area contributed by atoms with E-state index >= 15 is 0 Å². The summed E-state index contributed by atoms with van der Waals surface area (Å²) in [6.45, 7) is 0.572. The molecule has 0 aliphatic rings. The van der Waals surface area contributed by atoms with Crippen molar-refractivity contribution in [1.82, 2.24) is 19.4 Å². The van der Waals surface area contributed by atoms with E-state index in [0.717, 1.165) is 21.8 Å². The van der Waals surface area contributed by atoms with Crippen molar-refractivity contribution in [1.29, 1.82) is 0 Å². The molecule has 3 rings (SSSR count). The van der Waals surface area contributed by atoms with E-state index in [4.69, 9.17) is 0 Å². The second-order valence-electron chi connectivity index (χ2n) is 4.78. The molecular formula is C13H11F2N5O2S. The molecule has 23 heavy (non-hydrogen) atoms. The van der Waals surface area contributed by atoms with E-state index in [0.29, 0.717) is 14.9 Å². The number of hydrogen-bond acceptors (Lipinski definition) is 5. The summed E-state index contributed by atoms with van der Waals surface area (Å²) in [6.07, 6.45) is 0.985. The summed E-state index contributed by atoms with van der Waals surface area (Å²) in [6, 6.07) is 2.82. The van der Waals surface area contributed by atoms with Crippen molar-refractivity contribution < 1.29 is 13.6 Å². The van der Waals surface area contributed by atoms with Crippen LogP contribution in [0.5, 0.6) is 0 Å². The molecule has 10 heteroatoms. The van der Waals surface area contributed by atoms with Crippen molar-refractivity contribution >= 4 is 27.5 Å². The molecule has 3 aromatic rings. The third kappa shape index (κ3) is 2.72. The Morgan fingerprint density at radius 3 is 2.78 bits per heavy atom. The predicted molar refractivity (Wildman–Crippen MR) is 80.5 cm³/mol. The standard InChI is InChI=1S/C13H11F2N5O2S/c1-6-5-8-11(23-6)16-7(2)20(12(8)22)18-10(21)9-3-4-19(17-9)13(14)15/h3-5,13H,1-2H3,(H,18,21). The molecule has 7 nitrogen and oxygen atoms in total. The highest BCUT2D eigenvalue weighted by atomic mass is 32.1. The molecule has 0 aliphatic carbocycles. The minimum Gasteiger partial charge on any atom is -0.267 e. The van der Waals surface area contributed by atoms with Gasteiger partial charge in [0.05, 0.1) is 5.39 Å². The summed E-state index contributed by atoms with van der Waals surface area (Å²) in [7, 11) is 0. The Morgan fingerprint density at radius 1 is 1.39 bits per heavy atom. The van der Waals surface area contributed by atoms with E-state index in [-0.39, 0.29) is 11.5 Å². The van der Waals surface area contributed by atoms with Crippen LogP contribution >= 0.6 is 11.3 Å². The lowest BCUT2D eigenvalue weighted by atomic mass is 10.3. The number of carbonyl (C=O) groups excluding carboxylic acids is 1. The lowest BCUT2D eigenvalue weighted by Gasteiger charge is -2.09. The number of nitrogens with one attached hydrogen (secondary N) is 1. The van der Waals surface area contributed by atoms with Gasteiger partial charge in [-0.25, -0.2) is 14.3 Å². The smallest absolute Gasteiger partial charge is 0.267 e. The number of carbonyl (C=O) groups is 1. The van der Waals surface area contributed by atoms with E-state index in [1.165, 1.54) is 11.3 Å². The summed E-state index contributed by atoms with van der Waals surface area (Å²) in [4.78, 5) is 30.3. The second kappa shape index (κ2) is 5.54. The molecule has 1 amide bonds. The maximum absolute atomic E-state index is 12.5. The van der Waals surface area contributed by atoms with Crippen LogP contribution in [0.1, 0.15) is 27.7 Å². The van der Waals surface area contributed by atoms with Crippen LogP contribution in [0.4, 0.5) is 8.78 Å². The SMILES string of the molecule is Cc1cc2c(=O)n(NC(=O)c3ccn(C(F)F)n3)c(C)nc2s1. The number of nitrogens with zero attached hydrogens (tertiary/aromatic N) is 4. The summed E-state index contributed by atoms with van der Waals surface area (Å²) in [5.41, 5.74) is 1.68. The first-order chi connectivity index (χ1) is 10.9. The molecule has 0 fully saturated rings. The van der Waals surface area contributed by atoms with Crippen molar-refractivity contribution in [3.05, 3.63) is 45.1 Å². The fraction of sp³-hybridized carbons (Fsp3) is 0.231. The molecule has 3 aromatic heterocycles. The molecule has 3 heterocycles. The Bertz CT molecular complexity index is 959. The first-order valence-corrected chi connectivity index (χ1v) is 7.33. The molecule has 120 valence electrons. The molecule has 0 saturated heterocycles.